The van der Waals surface area contributed by atoms with E-state index < -0.39 is 11.6 Å². The first-order valence-electron chi connectivity index (χ1n) is 16.5. The molecule has 0 atom stereocenters. The van der Waals surface area contributed by atoms with Gasteiger partial charge in [0.1, 0.15) is 17.5 Å². The van der Waals surface area contributed by atoms with Crippen LogP contribution >= 0.6 is 0 Å². The maximum atomic E-state index is 15.5. The summed E-state index contributed by atoms with van der Waals surface area (Å²) in [6, 6.07) is 9.70. The fourth-order valence-electron chi connectivity index (χ4n) is 6.30. The van der Waals surface area contributed by atoms with Gasteiger partial charge in [0, 0.05) is 73.9 Å². The molecular formula is C36H42F2N6O2. The number of amides is 1. The molecule has 46 heavy (non-hydrogen) atoms. The number of hydrogen-bond donors (Lipinski definition) is 1. The number of halogens is 2. The van der Waals surface area contributed by atoms with Crippen molar-refractivity contribution in [1.29, 1.82) is 0 Å². The van der Waals surface area contributed by atoms with Gasteiger partial charge in [-0.1, -0.05) is 26.3 Å². The van der Waals surface area contributed by atoms with Gasteiger partial charge in [0.2, 0.25) is 5.91 Å². The van der Waals surface area contributed by atoms with E-state index in [-0.39, 0.29) is 28.6 Å². The molecule has 1 amide bonds. The highest BCUT2D eigenvalue weighted by atomic mass is 19.1. The first kappa shape index (κ1) is 31.8. The van der Waals surface area contributed by atoms with Crippen molar-refractivity contribution in [2.75, 3.05) is 49.6 Å². The first-order valence-corrected chi connectivity index (χ1v) is 16.5. The topological polar surface area (TPSA) is 83.5 Å². The van der Waals surface area contributed by atoms with Crippen LogP contribution in [0, 0.1) is 24.5 Å². The van der Waals surface area contributed by atoms with E-state index in [1.54, 1.807) is 6.20 Å². The Balaban J connectivity index is 0.00000119. The minimum Gasteiger partial charge on any atom is -0.378 e. The van der Waals surface area contributed by atoms with Crippen molar-refractivity contribution in [3.63, 3.8) is 0 Å². The number of morpholine rings is 1. The highest BCUT2D eigenvalue weighted by molar-refractivity contribution is 5.98. The lowest BCUT2D eigenvalue weighted by atomic mass is 9.89. The molecule has 1 aliphatic carbocycles. The van der Waals surface area contributed by atoms with E-state index in [2.05, 4.69) is 34.0 Å². The summed E-state index contributed by atoms with van der Waals surface area (Å²) >= 11 is 0. The zero-order chi connectivity index (χ0) is 32.2. The number of rotatable bonds is 6. The molecule has 0 unspecified atom stereocenters. The van der Waals surface area contributed by atoms with Crippen LogP contribution in [0.3, 0.4) is 0 Å². The summed E-state index contributed by atoms with van der Waals surface area (Å²) in [6.45, 7) is 10.2. The molecule has 5 heterocycles. The van der Waals surface area contributed by atoms with E-state index in [9.17, 15) is 9.18 Å². The number of pyridine rings is 3. The summed E-state index contributed by atoms with van der Waals surface area (Å²) in [6.07, 6.45) is 8.49. The summed E-state index contributed by atoms with van der Waals surface area (Å²) in [4.78, 5) is 30.9. The number of carbonyl (C=O) groups excluding carboxylic acids is 1. The third-order valence-corrected chi connectivity index (χ3v) is 8.84. The van der Waals surface area contributed by atoms with Crippen LogP contribution in [0.5, 0.6) is 0 Å². The van der Waals surface area contributed by atoms with Crippen molar-refractivity contribution < 1.29 is 18.3 Å². The monoisotopic (exact) mass is 628 g/mol. The summed E-state index contributed by atoms with van der Waals surface area (Å²) < 4.78 is 35.5. The van der Waals surface area contributed by atoms with Crippen molar-refractivity contribution in [3.05, 3.63) is 71.6 Å². The molecule has 2 saturated heterocycles. The Morgan fingerprint density at radius 2 is 1.74 bits per heavy atom. The Morgan fingerprint density at radius 1 is 1.00 bits per heavy atom. The van der Waals surface area contributed by atoms with Gasteiger partial charge in [0.25, 0.3) is 0 Å². The van der Waals surface area contributed by atoms with Crippen LogP contribution in [0.1, 0.15) is 63.0 Å². The lowest BCUT2D eigenvalue weighted by Crippen LogP contribution is -2.39. The van der Waals surface area contributed by atoms with Crippen molar-refractivity contribution in [2.24, 2.45) is 5.92 Å². The molecule has 0 spiro atoms. The Hall–Kier alpha value is -4.18. The second kappa shape index (κ2) is 14.1. The molecule has 0 bridgehead atoms. The molecule has 3 aromatic heterocycles. The fourth-order valence-corrected chi connectivity index (χ4v) is 6.30. The van der Waals surface area contributed by atoms with Gasteiger partial charge in [-0.2, -0.15) is 0 Å². The van der Waals surface area contributed by atoms with Crippen LogP contribution < -0.4 is 10.2 Å². The normalized spacial score (nSPS) is 17.1. The predicted octanol–water partition coefficient (Wildman–Crippen LogP) is 7.39. The number of benzene rings is 1. The van der Waals surface area contributed by atoms with Crippen LogP contribution in [0.4, 0.5) is 26.0 Å². The summed E-state index contributed by atoms with van der Waals surface area (Å²) in [5.74, 6) is 0.0920. The van der Waals surface area contributed by atoms with Crippen molar-refractivity contribution in [2.45, 2.75) is 58.8 Å². The first-order chi connectivity index (χ1) is 22.4. The number of aromatic nitrogens is 3. The van der Waals surface area contributed by atoms with E-state index >= 15 is 4.39 Å². The third kappa shape index (κ3) is 6.82. The van der Waals surface area contributed by atoms with Crippen LogP contribution in [0.25, 0.3) is 22.3 Å². The molecule has 1 saturated carbocycles. The van der Waals surface area contributed by atoms with Gasteiger partial charge < -0.3 is 19.9 Å². The van der Waals surface area contributed by atoms with E-state index in [0.29, 0.717) is 48.9 Å². The number of anilines is 3. The maximum Gasteiger partial charge on any atom is 0.225 e. The smallest absolute Gasteiger partial charge is 0.225 e. The number of carbonyl (C=O) groups is 1. The van der Waals surface area contributed by atoms with Crippen LogP contribution in [-0.2, 0) is 9.53 Å². The molecule has 242 valence electrons. The molecule has 1 N–H and O–H groups in total. The highest BCUT2D eigenvalue weighted by Gasteiger charge is 2.35. The third-order valence-electron chi connectivity index (χ3n) is 8.84. The molecule has 3 fully saturated rings. The predicted molar refractivity (Wildman–Crippen MR) is 177 cm³/mol. The number of ether oxygens (including phenoxy) is 1. The Labute approximate surface area is 269 Å². The molecule has 10 heteroatoms. The molecule has 0 radical (unpaired) electrons. The van der Waals surface area contributed by atoms with E-state index in [0.717, 1.165) is 61.9 Å². The lowest BCUT2D eigenvalue weighted by Gasteiger charge is -2.34. The highest BCUT2D eigenvalue weighted by Crippen LogP contribution is 2.41. The Bertz CT molecular complexity index is 1680. The number of likely N-dealkylation sites (tertiary alicyclic amines) is 1. The van der Waals surface area contributed by atoms with Crippen LogP contribution in [-0.4, -0.2) is 65.2 Å². The van der Waals surface area contributed by atoms with Gasteiger partial charge in [0.15, 0.2) is 0 Å². The van der Waals surface area contributed by atoms with Gasteiger partial charge in [0.05, 0.1) is 41.2 Å². The number of hydrogen-bond acceptors (Lipinski definition) is 7. The molecule has 2 aliphatic heterocycles. The number of nitrogens with one attached hydrogen (secondary N) is 1. The van der Waals surface area contributed by atoms with Crippen LogP contribution in [0.2, 0.25) is 0 Å². The number of piperidine rings is 1. The van der Waals surface area contributed by atoms with Gasteiger partial charge in [-0.15, -0.1) is 0 Å². The average Bonchev–Trinajstić information content (AvgIpc) is 3.93. The molecular weight excluding hydrogens is 586 g/mol. The van der Waals surface area contributed by atoms with Crippen molar-refractivity contribution >= 4 is 34.0 Å². The second-order valence-electron chi connectivity index (χ2n) is 12.4. The lowest BCUT2D eigenvalue weighted by molar-refractivity contribution is -0.133. The molecule has 4 aromatic rings. The largest absolute Gasteiger partial charge is 0.378 e. The van der Waals surface area contributed by atoms with Gasteiger partial charge in [-0.25, -0.2) is 18.7 Å². The zero-order valence-corrected chi connectivity index (χ0v) is 26.9. The van der Waals surface area contributed by atoms with E-state index in [4.69, 9.17) is 9.72 Å². The molecule has 7 rings (SSSR count). The molecule has 8 nitrogen and oxygen atoms in total. The number of nitrogens with zero attached hydrogens (tertiary/aromatic N) is 5. The quantitative estimate of drug-likeness (QED) is 0.238. The van der Waals surface area contributed by atoms with Crippen LogP contribution in [0.15, 0.2) is 48.8 Å². The van der Waals surface area contributed by atoms with E-state index in [1.165, 1.54) is 12.5 Å². The standard InChI is InChI=1S/C33H34F2N6O2.C3H8/c1-20-31(26-4-2-3-9-36-26)39-28-17-23(34)16-25(35)30(28)32(20)38-27-18-29(40-12-14-43-15-13-40)37-19-24(27)21-7-10-41(11-8-21)33(42)22-5-6-22;1-3-2/h2-4,9,16-19,21-22H,5-8,10-15H2,1H3,(H,37,38,39);3H2,1-2H3. The molecule has 1 aromatic carbocycles. The van der Waals surface area contributed by atoms with Gasteiger partial charge in [-0.05, 0) is 56.2 Å². The second-order valence-corrected chi connectivity index (χ2v) is 12.4. The number of fused-ring (bicyclic) bond motifs is 1. The summed E-state index contributed by atoms with van der Waals surface area (Å²) in [7, 11) is 0. The van der Waals surface area contributed by atoms with Crippen molar-refractivity contribution in [1.82, 2.24) is 19.9 Å². The van der Waals surface area contributed by atoms with Gasteiger partial charge in [-0.3, -0.25) is 9.78 Å². The zero-order valence-electron chi connectivity index (χ0n) is 26.9. The minimum atomic E-state index is -0.689. The summed E-state index contributed by atoms with van der Waals surface area (Å²) in [5, 5.41) is 3.81. The van der Waals surface area contributed by atoms with E-state index in [1.807, 2.05) is 42.3 Å². The average molecular weight is 629 g/mol. The molecule has 3 aliphatic rings. The van der Waals surface area contributed by atoms with Crippen molar-refractivity contribution in [3.8, 4) is 11.4 Å². The fraction of sp³-hybridized carbons (Fsp3) is 0.444. The maximum absolute atomic E-state index is 15.5. The Kier molecular flexibility index (Phi) is 9.72. The SMILES string of the molecule is CCC.Cc1c(-c2ccccn2)nc2cc(F)cc(F)c2c1Nc1cc(N2CCOCC2)ncc1C1CCN(C(=O)C2CC2)CC1. The summed E-state index contributed by atoms with van der Waals surface area (Å²) in [5.41, 5.74) is 4.43. The Morgan fingerprint density at radius 3 is 2.41 bits per heavy atom. The van der Waals surface area contributed by atoms with Gasteiger partial charge >= 0.3 is 0 Å². The minimum absolute atomic E-state index is 0.169.